The molecule has 0 aliphatic carbocycles. The number of anilines is 1. The maximum absolute atomic E-state index is 11.5. The zero-order chi connectivity index (χ0) is 15.1. The minimum atomic E-state index is -1.08. The van der Waals surface area contributed by atoms with Gasteiger partial charge >= 0.3 is 5.97 Å². The molecule has 0 aliphatic rings. The fourth-order valence-corrected chi connectivity index (χ4v) is 2.48. The molecule has 0 fully saturated rings. The molecule has 0 unspecified atom stereocenters. The molecule has 3 rings (SSSR count). The Hall–Kier alpha value is -2.63. The van der Waals surface area contributed by atoms with Gasteiger partial charge in [0.1, 0.15) is 16.9 Å². The highest BCUT2D eigenvalue weighted by Gasteiger charge is 2.23. The first kappa shape index (κ1) is 13.4. The number of carbonyl (C=O) groups is 1. The van der Waals surface area contributed by atoms with Crippen molar-refractivity contribution in [2.75, 3.05) is 5.73 Å². The van der Waals surface area contributed by atoms with Gasteiger partial charge in [-0.25, -0.2) is 14.8 Å². The monoisotopic (exact) mass is 284 g/mol. The Morgan fingerprint density at radius 2 is 1.90 bits per heavy atom. The van der Waals surface area contributed by atoms with Crippen LogP contribution in [0.1, 0.15) is 24.2 Å². The molecule has 21 heavy (non-hydrogen) atoms. The van der Waals surface area contributed by atoms with E-state index in [0.29, 0.717) is 29.1 Å². The van der Waals surface area contributed by atoms with Gasteiger partial charge in [-0.05, 0) is 18.1 Å². The van der Waals surface area contributed by atoms with Crippen LogP contribution in [0.4, 0.5) is 5.82 Å². The maximum atomic E-state index is 11.5. The number of benzene rings is 1. The van der Waals surface area contributed by atoms with E-state index in [1.807, 2.05) is 38.1 Å². The highest BCUT2D eigenvalue weighted by atomic mass is 16.4. The van der Waals surface area contributed by atoms with Gasteiger partial charge < -0.3 is 15.4 Å². The summed E-state index contributed by atoms with van der Waals surface area (Å²) in [6, 6.07) is 7.38. The summed E-state index contributed by atoms with van der Waals surface area (Å²) in [6.45, 7) is 4.68. The minimum Gasteiger partial charge on any atom is -0.477 e. The number of carboxylic acid groups (broad SMARTS) is 1. The van der Waals surface area contributed by atoms with Gasteiger partial charge in [0, 0.05) is 6.54 Å². The molecule has 108 valence electrons. The lowest BCUT2D eigenvalue weighted by molar-refractivity contribution is 0.0700. The van der Waals surface area contributed by atoms with E-state index < -0.39 is 5.97 Å². The Morgan fingerprint density at radius 1 is 1.29 bits per heavy atom. The van der Waals surface area contributed by atoms with Crippen molar-refractivity contribution in [3.05, 3.63) is 29.8 Å². The number of hydrogen-bond acceptors (Lipinski definition) is 4. The average molecular weight is 284 g/mol. The summed E-state index contributed by atoms with van der Waals surface area (Å²) in [5, 5.41) is 9.42. The molecule has 0 saturated heterocycles. The maximum Gasteiger partial charge on any atom is 0.341 e. The van der Waals surface area contributed by atoms with Gasteiger partial charge in [-0.3, -0.25) is 0 Å². The summed E-state index contributed by atoms with van der Waals surface area (Å²) in [6.07, 6.45) is 0. The third kappa shape index (κ3) is 2.08. The van der Waals surface area contributed by atoms with Crippen LogP contribution in [-0.2, 0) is 6.54 Å². The van der Waals surface area contributed by atoms with Crippen molar-refractivity contribution in [1.29, 1.82) is 0 Å². The van der Waals surface area contributed by atoms with Gasteiger partial charge in [-0.15, -0.1) is 0 Å². The lowest BCUT2D eigenvalue weighted by Crippen LogP contribution is -2.10. The molecule has 3 N–H and O–H groups in total. The quantitative estimate of drug-likeness (QED) is 0.770. The van der Waals surface area contributed by atoms with E-state index in [9.17, 15) is 9.90 Å². The number of para-hydroxylation sites is 2. The fourth-order valence-electron chi connectivity index (χ4n) is 2.48. The second-order valence-corrected chi connectivity index (χ2v) is 5.45. The van der Waals surface area contributed by atoms with Crippen molar-refractivity contribution < 1.29 is 9.90 Å². The molecule has 0 aliphatic heterocycles. The SMILES string of the molecule is CC(C)Cn1c(N)c(C(=O)O)c2nc3ccccc3nc21. The van der Waals surface area contributed by atoms with Crippen LogP contribution in [-0.4, -0.2) is 25.6 Å². The lowest BCUT2D eigenvalue weighted by atomic mass is 10.2. The van der Waals surface area contributed by atoms with Crippen LogP contribution < -0.4 is 5.73 Å². The van der Waals surface area contributed by atoms with Crippen LogP contribution in [0.2, 0.25) is 0 Å². The Balaban J connectivity index is 2.42. The molecule has 0 spiro atoms. The molecule has 0 bridgehead atoms. The van der Waals surface area contributed by atoms with Gasteiger partial charge in [0.2, 0.25) is 0 Å². The molecule has 0 amide bonds. The largest absolute Gasteiger partial charge is 0.477 e. The molecule has 2 heterocycles. The van der Waals surface area contributed by atoms with E-state index in [2.05, 4.69) is 9.97 Å². The lowest BCUT2D eigenvalue weighted by Gasteiger charge is -2.09. The minimum absolute atomic E-state index is 0.0314. The number of aromatic nitrogens is 3. The highest BCUT2D eigenvalue weighted by Crippen LogP contribution is 2.28. The van der Waals surface area contributed by atoms with Crippen LogP contribution >= 0.6 is 0 Å². The first-order valence-electron chi connectivity index (χ1n) is 6.76. The highest BCUT2D eigenvalue weighted by molar-refractivity contribution is 6.07. The number of carboxylic acids is 1. The predicted octanol–water partition coefficient (Wildman–Crippen LogP) is 2.52. The number of aromatic carboxylic acids is 1. The zero-order valence-corrected chi connectivity index (χ0v) is 11.9. The van der Waals surface area contributed by atoms with Crippen molar-refractivity contribution >= 4 is 34.0 Å². The summed E-state index contributed by atoms with van der Waals surface area (Å²) >= 11 is 0. The topological polar surface area (TPSA) is 94.0 Å². The average Bonchev–Trinajstić information content (AvgIpc) is 2.68. The van der Waals surface area contributed by atoms with Crippen LogP contribution in [0.5, 0.6) is 0 Å². The molecular weight excluding hydrogens is 268 g/mol. The molecule has 3 aromatic rings. The van der Waals surface area contributed by atoms with E-state index in [4.69, 9.17) is 5.73 Å². The van der Waals surface area contributed by atoms with Crippen LogP contribution in [0.3, 0.4) is 0 Å². The molecule has 0 radical (unpaired) electrons. The smallest absolute Gasteiger partial charge is 0.341 e. The van der Waals surface area contributed by atoms with E-state index >= 15 is 0 Å². The molecule has 0 saturated carbocycles. The van der Waals surface area contributed by atoms with E-state index in [1.54, 1.807) is 4.57 Å². The Morgan fingerprint density at radius 3 is 2.48 bits per heavy atom. The van der Waals surface area contributed by atoms with Crippen molar-refractivity contribution in [3.8, 4) is 0 Å². The molecule has 0 atom stereocenters. The van der Waals surface area contributed by atoms with Gasteiger partial charge in [0.05, 0.1) is 11.0 Å². The number of rotatable bonds is 3. The van der Waals surface area contributed by atoms with Gasteiger partial charge in [0.15, 0.2) is 5.65 Å². The Labute approximate surface area is 121 Å². The van der Waals surface area contributed by atoms with Gasteiger partial charge in [0.25, 0.3) is 0 Å². The molecule has 2 aromatic heterocycles. The number of nitrogen functional groups attached to an aromatic ring is 1. The Kier molecular flexibility index (Phi) is 3.01. The second-order valence-electron chi connectivity index (χ2n) is 5.45. The van der Waals surface area contributed by atoms with Gasteiger partial charge in [-0.2, -0.15) is 0 Å². The predicted molar refractivity (Wildman–Crippen MR) is 81.2 cm³/mol. The van der Waals surface area contributed by atoms with Crippen molar-refractivity contribution in [1.82, 2.24) is 14.5 Å². The zero-order valence-electron chi connectivity index (χ0n) is 11.9. The number of nitrogens with zero attached hydrogens (tertiary/aromatic N) is 3. The molecule has 6 nitrogen and oxygen atoms in total. The number of fused-ring (bicyclic) bond motifs is 2. The van der Waals surface area contributed by atoms with E-state index in [0.717, 1.165) is 5.52 Å². The van der Waals surface area contributed by atoms with Crippen LogP contribution in [0.25, 0.3) is 22.2 Å². The van der Waals surface area contributed by atoms with Crippen molar-refractivity contribution in [2.45, 2.75) is 20.4 Å². The molecule has 1 aromatic carbocycles. The number of hydrogen-bond donors (Lipinski definition) is 2. The summed E-state index contributed by atoms with van der Waals surface area (Å²) < 4.78 is 1.74. The first-order chi connectivity index (χ1) is 9.99. The number of nitrogens with two attached hydrogens (primary N) is 1. The summed E-state index contributed by atoms with van der Waals surface area (Å²) in [7, 11) is 0. The van der Waals surface area contributed by atoms with Crippen molar-refractivity contribution in [2.24, 2.45) is 5.92 Å². The fraction of sp³-hybridized carbons (Fsp3) is 0.267. The second kappa shape index (κ2) is 4.73. The molecular formula is C15H16N4O2. The summed E-state index contributed by atoms with van der Waals surface area (Å²) in [5.74, 6) is -0.552. The van der Waals surface area contributed by atoms with Crippen LogP contribution in [0.15, 0.2) is 24.3 Å². The van der Waals surface area contributed by atoms with E-state index in [-0.39, 0.29) is 11.4 Å². The van der Waals surface area contributed by atoms with E-state index in [1.165, 1.54) is 0 Å². The third-order valence-corrected chi connectivity index (χ3v) is 3.35. The van der Waals surface area contributed by atoms with Crippen molar-refractivity contribution in [3.63, 3.8) is 0 Å². The third-order valence-electron chi connectivity index (χ3n) is 3.35. The van der Waals surface area contributed by atoms with Crippen LogP contribution in [0, 0.1) is 5.92 Å². The summed E-state index contributed by atoms with van der Waals surface area (Å²) in [5.41, 5.74) is 8.32. The van der Waals surface area contributed by atoms with Gasteiger partial charge in [-0.1, -0.05) is 26.0 Å². The summed E-state index contributed by atoms with van der Waals surface area (Å²) in [4.78, 5) is 20.5. The Bertz CT molecular complexity index is 852. The first-order valence-corrected chi connectivity index (χ1v) is 6.76. The standard InChI is InChI=1S/C15H16N4O2/c1-8(2)7-19-13(16)11(15(20)21)12-14(19)18-10-6-4-3-5-9(10)17-12/h3-6,8H,7,16H2,1-2H3,(H,20,21). The molecule has 6 heteroatoms. The normalized spacial score (nSPS) is 11.6.